The van der Waals surface area contributed by atoms with Gasteiger partial charge in [0.05, 0.1) is 12.7 Å². The molecule has 0 unspecified atom stereocenters. The zero-order chi connectivity index (χ0) is 14.1. The Morgan fingerprint density at radius 2 is 1.84 bits per heavy atom. The Morgan fingerprint density at radius 1 is 1.32 bits per heavy atom. The Bertz CT molecular complexity index is 475. The molecule has 0 spiro atoms. The topological polar surface area (TPSA) is 39.2 Å². The van der Waals surface area contributed by atoms with E-state index in [0.717, 1.165) is 7.11 Å². The second kappa shape index (κ2) is 6.57. The normalized spacial score (nSPS) is 11.7. The summed E-state index contributed by atoms with van der Waals surface area (Å²) in [4.78, 5) is 13.7. The van der Waals surface area contributed by atoms with E-state index in [1.54, 1.807) is 0 Å². The summed E-state index contributed by atoms with van der Waals surface area (Å²) in [5, 5.41) is 0. The van der Waals surface area contributed by atoms with Gasteiger partial charge in [0.1, 0.15) is 0 Å². The zero-order valence-electron chi connectivity index (χ0n) is 9.76. The van der Waals surface area contributed by atoms with Crippen molar-refractivity contribution in [1.82, 2.24) is 4.98 Å². The maximum atomic E-state index is 12.4. The molecule has 1 aromatic heterocycles. The minimum Gasteiger partial charge on any atom is -0.465 e. The van der Waals surface area contributed by atoms with E-state index in [9.17, 15) is 30.9 Å². The third-order valence-corrected chi connectivity index (χ3v) is 1.96. The molecule has 1 heterocycles. The number of halogens is 6. The van der Waals surface area contributed by atoms with Crippen LogP contribution in [0.15, 0.2) is 12.3 Å². The van der Waals surface area contributed by atoms with Crippen LogP contribution in [0.4, 0.5) is 26.1 Å². The molecule has 11 heteroatoms. The molecule has 0 atom stereocenters. The van der Waals surface area contributed by atoms with Crippen molar-refractivity contribution in [3.8, 4) is 0 Å². The molecule has 0 aliphatic heterocycles. The number of aromatic nitrogens is 1. The van der Waals surface area contributed by atoms with Crippen LogP contribution in [0.3, 0.4) is 0 Å². The summed E-state index contributed by atoms with van der Waals surface area (Å²) in [6.45, 7) is -5.55. The molecule has 0 amide bonds. The Kier molecular flexibility index (Phi) is 6.53. The number of alkyl halides is 3. The minimum absolute atomic E-state index is 0. The predicted octanol–water partition coefficient (Wildman–Crippen LogP) is -1.05. The fourth-order valence-corrected chi connectivity index (χ4v) is 1.15. The Morgan fingerprint density at radius 3 is 2.21 bits per heavy atom. The second-order valence-corrected chi connectivity index (χ2v) is 3.23. The van der Waals surface area contributed by atoms with Gasteiger partial charge in [-0.15, -0.1) is 0 Å². The third kappa shape index (κ3) is 4.74. The van der Waals surface area contributed by atoms with Crippen LogP contribution in [0.25, 0.3) is 0 Å². The largest absolute Gasteiger partial charge is 1.00 e. The van der Waals surface area contributed by atoms with Gasteiger partial charge in [-0.05, 0) is 0 Å². The maximum absolute atomic E-state index is 12.4. The van der Waals surface area contributed by atoms with Crippen LogP contribution in [0.2, 0.25) is 0 Å². The maximum Gasteiger partial charge on any atom is 1.00 e. The molecule has 0 aromatic carbocycles. The number of hydrogen-bond acceptors (Lipinski definition) is 3. The Labute approximate surface area is 146 Å². The van der Waals surface area contributed by atoms with Crippen molar-refractivity contribution < 1.29 is 87.0 Å². The molecular weight excluding hydrogens is 306 g/mol. The van der Waals surface area contributed by atoms with Crippen molar-refractivity contribution in [3.63, 3.8) is 0 Å². The second-order valence-electron chi connectivity index (χ2n) is 3.23. The Hall–Kier alpha value is -0.0987. The van der Waals surface area contributed by atoms with E-state index in [2.05, 4.69) is 9.72 Å². The molecule has 1 aromatic rings. The average molecular weight is 311 g/mol. The zero-order valence-corrected chi connectivity index (χ0v) is 12.9. The van der Waals surface area contributed by atoms with E-state index in [0.29, 0.717) is 0 Å². The molecule has 0 radical (unpaired) electrons. The van der Waals surface area contributed by atoms with E-state index in [4.69, 9.17) is 0 Å². The van der Waals surface area contributed by atoms with Crippen LogP contribution < -0.4 is 56.8 Å². The van der Waals surface area contributed by atoms with Gasteiger partial charge in [-0.1, -0.05) is 11.5 Å². The quantitative estimate of drug-likeness (QED) is 0.397. The van der Waals surface area contributed by atoms with Crippen LogP contribution in [0, 0.1) is 0 Å². The number of hydrogen-bond donors (Lipinski definition) is 0. The summed E-state index contributed by atoms with van der Waals surface area (Å²) in [6.07, 6.45) is -5.00. The third-order valence-electron chi connectivity index (χ3n) is 1.96. The van der Waals surface area contributed by atoms with Crippen molar-refractivity contribution in [2.75, 3.05) is 7.11 Å². The SMILES string of the molecule is COC(=O)c1cc([B-](F)(F)F)cnc1C(F)(F)F.[K+]. The molecule has 3 nitrogen and oxygen atoms in total. The summed E-state index contributed by atoms with van der Waals surface area (Å²) in [5.74, 6) is -1.53. The van der Waals surface area contributed by atoms with E-state index in [-0.39, 0.29) is 63.6 Å². The van der Waals surface area contributed by atoms with Gasteiger partial charge >= 0.3 is 70.5 Å². The number of carbonyl (C=O) groups is 1. The van der Waals surface area contributed by atoms with Crippen molar-refractivity contribution >= 4 is 18.4 Å². The van der Waals surface area contributed by atoms with E-state index >= 15 is 0 Å². The van der Waals surface area contributed by atoms with Crippen LogP contribution in [-0.2, 0) is 10.9 Å². The number of methoxy groups -OCH3 is 1. The minimum atomic E-state index is -5.55. The molecular formula is C8H5BF6KNO2. The molecule has 0 aliphatic carbocycles. The van der Waals surface area contributed by atoms with Gasteiger partial charge in [0.15, 0.2) is 5.69 Å². The standard InChI is InChI=1S/C8H5BF6NO2.K/c1-18-7(17)5-2-4(9(13,14)15)3-16-6(5)8(10,11)12;/h2-3H,1H3;/q-1;+1. The average Bonchev–Trinajstić information content (AvgIpc) is 2.24. The molecule has 1 rings (SSSR count). The summed E-state index contributed by atoms with van der Waals surface area (Å²) in [5.41, 5.74) is -4.37. The molecule has 100 valence electrons. The summed E-state index contributed by atoms with van der Waals surface area (Å²) >= 11 is 0. The van der Waals surface area contributed by atoms with Crippen LogP contribution >= 0.6 is 0 Å². The van der Waals surface area contributed by atoms with Gasteiger partial charge < -0.3 is 17.7 Å². The molecule has 0 aliphatic rings. The van der Waals surface area contributed by atoms with Gasteiger partial charge in [-0.2, -0.15) is 13.2 Å². The first-order valence-electron chi connectivity index (χ1n) is 4.42. The van der Waals surface area contributed by atoms with E-state index < -0.39 is 35.8 Å². The van der Waals surface area contributed by atoms with Crippen LogP contribution in [0.1, 0.15) is 16.1 Å². The fourth-order valence-electron chi connectivity index (χ4n) is 1.15. The van der Waals surface area contributed by atoms with Crippen LogP contribution in [-0.4, -0.2) is 25.0 Å². The molecule has 0 fully saturated rings. The van der Waals surface area contributed by atoms with Crippen molar-refractivity contribution in [2.45, 2.75) is 6.18 Å². The van der Waals surface area contributed by atoms with Crippen molar-refractivity contribution in [3.05, 3.63) is 23.5 Å². The number of esters is 1. The van der Waals surface area contributed by atoms with Gasteiger partial charge in [-0.25, -0.2) is 4.79 Å². The monoisotopic (exact) mass is 311 g/mol. The first-order valence-corrected chi connectivity index (χ1v) is 4.42. The first-order chi connectivity index (χ1) is 8.07. The van der Waals surface area contributed by atoms with E-state index in [1.807, 2.05) is 0 Å². The number of pyridine rings is 1. The molecule has 0 bridgehead atoms. The van der Waals surface area contributed by atoms with Crippen molar-refractivity contribution in [1.29, 1.82) is 0 Å². The molecule has 0 saturated carbocycles. The smallest absolute Gasteiger partial charge is 0.465 e. The van der Waals surface area contributed by atoms with Crippen LogP contribution in [0.5, 0.6) is 0 Å². The number of nitrogens with zero attached hydrogens (tertiary/aromatic N) is 1. The predicted molar refractivity (Wildman–Crippen MR) is 49.3 cm³/mol. The van der Waals surface area contributed by atoms with Gasteiger partial charge in [0, 0.05) is 6.20 Å². The van der Waals surface area contributed by atoms with Gasteiger partial charge in [-0.3, -0.25) is 4.98 Å². The first kappa shape index (κ1) is 18.9. The molecule has 0 saturated heterocycles. The van der Waals surface area contributed by atoms with Gasteiger partial charge in [0.25, 0.3) is 0 Å². The van der Waals surface area contributed by atoms with Gasteiger partial charge in [0.2, 0.25) is 0 Å². The number of carbonyl (C=O) groups excluding carboxylic acids is 1. The Balaban J connectivity index is 0.00000324. The van der Waals surface area contributed by atoms with E-state index in [1.165, 1.54) is 0 Å². The number of ether oxygens (including phenoxy) is 1. The van der Waals surface area contributed by atoms with Crippen molar-refractivity contribution in [2.24, 2.45) is 0 Å². The summed E-state index contributed by atoms with van der Waals surface area (Å²) in [7, 11) is 0.758. The summed E-state index contributed by atoms with van der Waals surface area (Å²) in [6, 6.07) is 0.0850. The molecule has 0 N–H and O–H groups in total. The summed E-state index contributed by atoms with van der Waals surface area (Å²) < 4.78 is 78.3. The molecule has 19 heavy (non-hydrogen) atoms. The number of rotatable bonds is 2. The fraction of sp³-hybridized carbons (Fsp3) is 0.250.